The van der Waals surface area contributed by atoms with Gasteiger partial charge in [-0.25, -0.2) is 0 Å². The van der Waals surface area contributed by atoms with E-state index in [4.69, 9.17) is 0 Å². The molecule has 0 amide bonds. The van der Waals surface area contributed by atoms with Crippen LogP contribution in [-0.2, 0) is 0 Å². The van der Waals surface area contributed by atoms with Gasteiger partial charge in [0, 0.05) is 0 Å². The zero-order chi connectivity index (χ0) is 6.41. The standard InChI is InChI=1S/C6H14BF/c1-3-4-5-7-6(2)8/h6-7H,3-5H2,1-2H3. The van der Waals surface area contributed by atoms with E-state index < -0.39 is 6.07 Å². The van der Waals surface area contributed by atoms with Crippen LogP contribution in [0, 0.1) is 0 Å². The lowest BCUT2D eigenvalue weighted by Crippen LogP contribution is -2.03. The lowest BCUT2D eigenvalue weighted by molar-refractivity contribution is 0.467. The summed E-state index contributed by atoms with van der Waals surface area (Å²) in [5.74, 6) is 0. The van der Waals surface area contributed by atoms with E-state index in [1.54, 1.807) is 6.92 Å². The molecular weight excluding hydrogens is 102 g/mol. The van der Waals surface area contributed by atoms with Gasteiger partial charge in [-0.3, -0.25) is 4.39 Å². The van der Waals surface area contributed by atoms with Gasteiger partial charge in [-0.05, 0) is 6.92 Å². The summed E-state index contributed by atoms with van der Waals surface area (Å²) in [6.45, 7) is 3.75. The molecule has 0 aromatic carbocycles. The first-order valence-corrected chi connectivity index (χ1v) is 3.41. The number of alkyl halides is 1. The summed E-state index contributed by atoms with van der Waals surface area (Å²) in [7, 11) is 0.744. The summed E-state index contributed by atoms with van der Waals surface area (Å²) in [5.41, 5.74) is 0. The molecule has 0 aliphatic heterocycles. The van der Waals surface area contributed by atoms with Crippen LogP contribution in [0.5, 0.6) is 0 Å². The second-order valence-electron chi connectivity index (χ2n) is 2.28. The summed E-state index contributed by atoms with van der Waals surface area (Å²) >= 11 is 0. The normalized spacial score (nSPS) is 13.4. The van der Waals surface area contributed by atoms with Crippen molar-refractivity contribution in [3.63, 3.8) is 0 Å². The van der Waals surface area contributed by atoms with Crippen LogP contribution < -0.4 is 0 Å². The Morgan fingerprint density at radius 3 is 2.62 bits per heavy atom. The second kappa shape index (κ2) is 5.14. The molecule has 0 aromatic heterocycles. The molecule has 0 spiro atoms. The summed E-state index contributed by atoms with van der Waals surface area (Å²) in [5, 5.41) is 0. The van der Waals surface area contributed by atoms with Crippen LogP contribution in [0.2, 0.25) is 6.32 Å². The van der Waals surface area contributed by atoms with E-state index in [9.17, 15) is 4.39 Å². The molecule has 0 bridgehead atoms. The van der Waals surface area contributed by atoms with Gasteiger partial charge in [0.05, 0.1) is 6.07 Å². The average Bonchev–Trinajstić information content (AvgIpc) is 1.66. The van der Waals surface area contributed by atoms with Crippen LogP contribution in [0.25, 0.3) is 0 Å². The van der Waals surface area contributed by atoms with Crippen molar-refractivity contribution in [2.24, 2.45) is 0 Å². The zero-order valence-electron chi connectivity index (χ0n) is 5.78. The van der Waals surface area contributed by atoms with Crippen LogP contribution in [0.1, 0.15) is 26.7 Å². The van der Waals surface area contributed by atoms with E-state index in [1.165, 1.54) is 12.8 Å². The Hall–Kier alpha value is -0.00506. The van der Waals surface area contributed by atoms with Crippen molar-refractivity contribution >= 4 is 7.28 Å². The van der Waals surface area contributed by atoms with Gasteiger partial charge < -0.3 is 0 Å². The fraction of sp³-hybridized carbons (Fsp3) is 1.00. The van der Waals surface area contributed by atoms with E-state index in [0.717, 1.165) is 13.6 Å². The minimum absolute atomic E-state index is 0.596. The van der Waals surface area contributed by atoms with Gasteiger partial charge in [0.15, 0.2) is 7.28 Å². The molecule has 2 heteroatoms. The first kappa shape index (κ1) is 7.99. The van der Waals surface area contributed by atoms with E-state index in [1.807, 2.05) is 0 Å². The van der Waals surface area contributed by atoms with E-state index in [-0.39, 0.29) is 0 Å². The number of rotatable bonds is 4. The maximum absolute atomic E-state index is 12.0. The number of halogens is 1. The molecule has 0 aliphatic rings. The van der Waals surface area contributed by atoms with Crippen LogP contribution in [0.15, 0.2) is 0 Å². The zero-order valence-corrected chi connectivity index (χ0v) is 5.78. The third-order valence-electron chi connectivity index (χ3n) is 1.21. The van der Waals surface area contributed by atoms with Gasteiger partial charge in [0.25, 0.3) is 0 Å². The molecule has 0 radical (unpaired) electrons. The third-order valence-corrected chi connectivity index (χ3v) is 1.21. The van der Waals surface area contributed by atoms with Gasteiger partial charge in [0.2, 0.25) is 0 Å². The molecule has 0 aromatic rings. The maximum atomic E-state index is 12.0. The lowest BCUT2D eigenvalue weighted by atomic mass is 9.69. The third kappa shape index (κ3) is 5.99. The van der Waals surface area contributed by atoms with Gasteiger partial charge in [-0.2, -0.15) is 0 Å². The highest BCUT2D eigenvalue weighted by Gasteiger charge is 1.97. The molecule has 0 aliphatic carbocycles. The molecule has 8 heavy (non-hydrogen) atoms. The average molecular weight is 116 g/mol. The molecule has 0 nitrogen and oxygen atoms in total. The van der Waals surface area contributed by atoms with E-state index in [0.29, 0.717) is 0 Å². The number of hydrogen-bond acceptors (Lipinski definition) is 0. The van der Waals surface area contributed by atoms with Gasteiger partial charge in [-0.15, -0.1) is 0 Å². The molecule has 0 saturated heterocycles. The molecule has 1 atom stereocenters. The second-order valence-corrected chi connectivity index (χ2v) is 2.28. The molecule has 0 heterocycles. The molecule has 0 rings (SSSR count). The SMILES string of the molecule is CCCCBC(C)F. The summed E-state index contributed by atoms with van der Waals surface area (Å²) < 4.78 is 12.0. The summed E-state index contributed by atoms with van der Waals surface area (Å²) in [4.78, 5) is 0. The molecular formula is C6H14BF. The van der Waals surface area contributed by atoms with Crippen LogP contribution in [0.3, 0.4) is 0 Å². The number of unbranched alkanes of at least 4 members (excludes halogenated alkanes) is 1. The molecule has 1 unspecified atom stereocenters. The minimum Gasteiger partial charge on any atom is -0.258 e. The summed E-state index contributed by atoms with van der Waals surface area (Å²) in [6.07, 6.45) is 2.82. The highest BCUT2D eigenvalue weighted by Crippen LogP contribution is 1.96. The van der Waals surface area contributed by atoms with Crippen molar-refractivity contribution in [1.82, 2.24) is 0 Å². The van der Waals surface area contributed by atoms with Crippen molar-refractivity contribution < 1.29 is 4.39 Å². The Morgan fingerprint density at radius 2 is 2.25 bits per heavy atom. The van der Waals surface area contributed by atoms with Crippen molar-refractivity contribution in [2.75, 3.05) is 0 Å². The lowest BCUT2D eigenvalue weighted by Gasteiger charge is -1.95. The van der Waals surface area contributed by atoms with Crippen LogP contribution >= 0.6 is 0 Å². The van der Waals surface area contributed by atoms with Crippen molar-refractivity contribution in [2.45, 2.75) is 39.1 Å². The van der Waals surface area contributed by atoms with Gasteiger partial charge >= 0.3 is 0 Å². The molecule has 0 saturated carbocycles. The Kier molecular flexibility index (Phi) is 5.13. The van der Waals surface area contributed by atoms with Crippen LogP contribution in [0.4, 0.5) is 4.39 Å². The Morgan fingerprint density at radius 1 is 1.62 bits per heavy atom. The van der Waals surface area contributed by atoms with E-state index in [2.05, 4.69) is 6.92 Å². The quantitative estimate of drug-likeness (QED) is 0.389. The smallest absolute Gasteiger partial charge is 0.164 e. The number of hydrogen-bond donors (Lipinski definition) is 0. The molecule has 0 fully saturated rings. The minimum atomic E-state index is -0.596. The highest BCUT2D eigenvalue weighted by atomic mass is 19.1. The monoisotopic (exact) mass is 116 g/mol. The van der Waals surface area contributed by atoms with Crippen molar-refractivity contribution in [1.29, 1.82) is 0 Å². The maximum Gasteiger partial charge on any atom is 0.164 e. The largest absolute Gasteiger partial charge is 0.258 e. The van der Waals surface area contributed by atoms with Crippen LogP contribution in [-0.4, -0.2) is 13.4 Å². The predicted octanol–water partition coefficient (Wildman–Crippen LogP) is 1.96. The molecule has 48 valence electrons. The van der Waals surface area contributed by atoms with E-state index >= 15 is 0 Å². The first-order chi connectivity index (χ1) is 3.77. The fourth-order valence-electron chi connectivity index (χ4n) is 0.676. The van der Waals surface area contributed by atoms with Gasteiger partial charge in [-0.1, -0.05) is 26.1 Å². The van der Waals surface area contributed by atoms with Gasteiger partial charge in [0.1, 0.15) is 0 Å². The predicted molar refractivity (Wildman–Crippen MR) is 37.4 cm³/mol. The Balaban J connectivity index is 2.72. The highest BCUT2D eigenvalue weighted by molar-refractivity contribution is 6.36. The van der Waals surface area contributed by atoms with Crippen molar-refractivity contribution in [3.8, 4) is 0 Å². The molecule has 0 N–H and O–H groups in total. The topological polar surface area (TPSA) is 0 Å². The van der Waals surface area contributed by atoms with Crippen molar-refractivity contribution in [3.05, 3.63) is 0 Å². The first-order valence-electron chi connectivity index (χ1n) is 3.41. The summed E-state index contributed by atoms with van der Waals surface area (Å²) in [6, 6.07) is 0. The Labute approximate surface area is 51.7 Å². The fourth-order valence-corrected chi connectivity index (χ4v) is 0.676. The Bertz CT molecular complexity index is 45.8.